The van der Waals surface area contributed by atoms with E-state index in [1.807, 2.05) is 0 Å². The zero-order valence-electron chi connectivity index (χ0n) is 21.2. The third kappa shape index (κ3) is 7.99. The second-order valence-corrected chi connectivity index (χ2v) is 9.81. The van der Waals surface area contributed by atoms with Gasteiger partial charge in [0.15, 0.2) is 24.8 Å². The summed E-state index contributed by atoms with van der Waals surface area (Å²) in [7, 11) is 0. The predicted octanol–water partition coefficient (Wildman–Crippen LogP) is 4.13. The number of Topliss-reactive ketones (excluding diaryl/α,β-unsaturated/α-hetero) is 2. The molecule has 2 aromatic carbocycles. The van der Waals surface area contributed by atoms with Gasteiger partial charge in [0.25, 0.3) is 6.47 Å². The monoisotopic (exact) mass is 509 g/mol. The molecule has 0 aliphatic heterocycles. The number of rotatable bonds is 10. The molecule has 0 bridgehead atoms. The van der Waals surface area contributed by atoms with E-state index in [-0.39, 0.29) is 24.6 Å². The number of hydrogen-bond acceptors (Lipinski definition) is 8. The summed E-state index contributed by atoms with van der Waals surface area (Å²) >= 11 is 0. The molecular formula is C28H31NO8. The summed E-state index contributed by atoms with van der Waals surface area (Å²) in [5.74, 6) is -1.69. The predicted molar refractivity (Wildman–Crippen MR) is 134 cm³/mol. The normalized spacial score (nSPS) is 16.9. The quantitative estimate of drug-likeness (QED) is 0.219. The number of benzene rings is 2. The maximum atomic E-state index is 12.6. The Morgan fingerprint density at radius 3 is 1.92 bits per heavy atom. The minimum Gasteiger partial charge on any atom is -0.459 e. The van der Waals surface area contributed by atoms with Gasteiger partial charge in [-0.1, -0.05) is 55.0 Å². The molecule has 0 radical (unpaired) electrons. The van der Waals surface area contributed by atoms with Crippen LogP contribution in [0.4, 0.5) is 4.79 Å². The van der Waals surface area contributed by atoms with Crippen molar-refractivity contribution in [2.24, 2.45) is 5.92 Å². The molecule has 37 heavy (non-hydrogen) atoms. The third-order valence-electron chi connectivity index (χ3n) is 5.90. The van der Waals surface area contributed by atoms with Crippen LogP contribution in [0.15, 0.2) is 48.5 Å². The van der Waals surface area contributed by atoms with E-state index in [9.17, 15) is 24.0 Å². The summed E-state index contributed by atoms with van der Waals surface area (Å²) in [6, 6.07) is 13.2. The van der Waals surface area contributed by atoms with Gasteiger partial charge in [-0.05, 0) is 44.7 Å². The molecule has 1 aliphatic rings. The van der Waals surface area contributed by atoms with Crippen molar-refractivity contribution in [2.45, 2.75) is 51.7 Å². The van der Waals surface area contributed by atoms with E-state index >= 15 is 0 Å². The lowest BCUT2D eigenvalue weighted by molar-refractivity contribution is -0.147. The maximum Gasteiger partial charge on any atom is 0.407 e. The standard InChI is InChI=1S/C28H31NO8/c1-28(2,3)37-27(34)29-23-6-4-5-22(23)26(33)36-16-25(32)21-13-9-19(10-14-21)18-7-11-20(12-8-18)24(31)15-35-17-30/h7-14,17,22-23H,4-6,15-16H2,1-3H3,(H,29,34). The Balaban J connectivity index is 1.53. The van der Waals surface area contributed by atoms with Crippen molar-refractivity contribution in [1.82, 2.24) is 5.32 Å². The lowest BCUT2D eigenvalue weighted by atomic mass is 10.0. The molecule has 1 amide bonds. The van der Waals surface area contributed by atoms with Crippen molar-refractivity contribution in [3.05, 3.63) is 59.7 Å². The summed E-state index contributed by atoms with van der Waals surface area (Å²) in [4.78, 5) is 59.4. The Kier molecular flexibility index (Phi) is 9.16. The molecule has 0 saturated heterocycles. The first-order chi connectivity index (χ1) is 17.6. The summed E-state index contributed by atoms with van der Waals surface area (Å²) in [6.45, 7) is 4.81. The zero-order chi connectivity index (χ0) is 27.0. The van der Waals surface area contributed by atoms with Gasteiger partial charge < -0.3 is 19.5 Å². The Morgan fingerprint density at radius 2 is 1.41 bits per heavy atom. The van der Waals surface area contributed by atoms with Crippen molar-refractivity contribution in [1.29, 1.82) is 0 Å². The van der Waals surface area contributed by atoms with Crippen LogP contribution in [0.25, 0.3) is 11.1 Å². The fraction of sp³-hybridized carbons (Fsp3) is 0.393. The average Bonchev–Trinajstić information content (AvgIpc) is 3.32. The van der Waals surface area contributed by atoms with Crippen LogP contribution in [0.1, 0.15) is 60.7 Å². The van der Waals surface area contributed by atoms with Crippen molar-refractivity contribution < 1.29 is 38.2 Å². The number of alkyl carbamates (subject to hydrolysis) is 1. The molecule has 1 aliphatic carbocycles. The third-order valence-corrected chi connectivity index (χ3v) is 5.90. The van der Waals surface area contributed by atoms with Gasteiger partial charge in [0.2, 0.25) is 0 Å². The molecular weight excluding hydrogens is 478 g/mol. The van der Waals surface area contributed by atoms with Crippen molar-refractivity contribution >= 4 is 30.1 Å². The van der Waals surface area contributed by atoms with Crippen molar-refractivity contribution in [3.8, 4) is 11.1 Å². The van der Waals surface area contributed by atoms with Gasteiger partial charge >= 0.3 is 12.1 Å². The van der Waals surface area contributed by atoms with Crippen LogP contribution in [0.3, 0.4) is 0 Å². The minimum absolute atomic E-state index is 0.228. The summed E-state index contributed by atoms with van der Waals surface area (Å²) in [5, 5.41) is 2.74. The largest absolute Gasteiger partial charge is 0.459 e. The first kappa shape index (κ1) is 27.6. The number of amides is 1. The van der Waals surface area contributed by atoms with Crippen LogP contribution < -0.4 is 5.32 Å². The molecule has 0 aromatic heterocycles. The lowest BCUT2D eigenvalue weighted by Gasteiger charge is -2.24. The summed E-state index contributed by atoms with van der Waals surface area (Å²) < 4.78 is 15.0. The molecule has 3 rings (SSSR count). The smallest absolute Gasteiger partial charge is 0.407 e. The fourth-order valence-corrected chi connectivity index (χ4v) is 4.09. The summed E-state index contributed by atoms with van der Waals surface area (Å²) in [5.41, 5.74) is 1.84. The van der Waals surface area contributed by atoms with E-state index < -0.39 is 36.2 Å². The van der Waals surface area contributed by atoms with Gasteiger partial charge in [0.05, 0.1) is 5.92 Å². The van der Waals surface area contributed by atoms with E-state index in [0.29, 0.717) is 24.0 Å². The van der Waals surface area contributed by atoms with Crippen LogP contribution in [0, 0.1) is 5.92 Å². The minimum atomic E-state index is -0.643. The second-order valence-electron chi connectivity index (χ2n) is 9.81. The first-order valence-electron chi connectivity index (χ1n) is 12.1. The number of carbonyl (C=O) groups is 5. The Bertz CT molecular complexity index is 1130. The first-order valence-corrected chi connectivity index (χ1v) is 12.1. The topological polar surface area (TPSA) is 125 Å². The zero-order valence-corrected chi connectivity index (χ0v) is 21.2. The number of esters is 1. The van der Waals surface area contributed by atoms with Gasteiger partial charge in [-0.2, -0.15) is 0 Å². The molecule has 0 spiro atoms. The van der Waals surface area contributed by atoms with Crippen LogP contribution in [0.5, 0.6) is 0 Å². The van der Waals surface area contributed by atoms with E-state index in [1.165, 1.54) is 0 Å². The molecule has 9 heteroatoms. The highest BCUT2D eigenvalue weighted by Crippen LogP contribution is 2.27. The van der Waals surface area contributed by atoms with Crippen molar-refractivity contribution in [2.75, 3.05) is 13.2 Å². The molecule has 2 aromatic rings. The fourth-order valence-electron chi connectivity index (χ4n) is 4.09. The number of hydrogen-bond donors (Lipinski definition) is 1. The van der Waals surface area contributed by atoms with Crippen LogP contribution >= 0.6 is 0 Å². The lowest BCUT2D eigenvalue weighted by Crippen LogP contribution is -2.43. The second kappa shape index (κ2) is 12.3. The molecule has 0 heterocycles. The molecule has 1 N–H and O–H groups in total. The van der Waals surface area contributed by atoms with Gasteiger partial charge in [-0.25, -0.2) is 4.79 Å². The summed E-state index contributed by atoms with van der Waals surface area (Å²) in [6.07, 6.45) is 1.38. The molecule has 2 atom stereocenters. The SMILES string of the molecule is CC(C)(C)OC(=O)NC1CCCC1C(=O)OCC(=O)c1ccc(-c2ccc(C(=O)COC=O)cc2)cc1. The average molecular weight is 510 g/mol. The Hall–Kier alpha value is -4.01. The van der Waals surface area contributed by atoms with Crippen LogP contribution in [-0.4, -0.2) is 55.0 Å². The van der Waals surface area contributed by atoms with Gasteiger partial charge in [0, 0.05) is 17.2 Å². The molecule has 9 nitrogen and oxygen atoms in total. The van der Waals surface area contributed by atoms with E-state index in [4.69, 9.17) is 9.47 Å². The number of nitrogens with one attached hydrogen (secondary N) is 1. The molecule has 1 fully saturated rings. The van der Waals surface area contributed by atoms with Crippen molar-refractivity contribution in [3.63, 3.8) is 0 Å². The molecule has 2 unspecified atom stereocenters. The number of carbonyl (C=O) groups excluding carboxylic acids is 5. The van der Waals surface area contributed by atoms with E-state index in [1.54, 1.807) is 69.3 Å². The van der Waals surface area contributed by atoms with E-state index in [2.05, 4.69) is 10.1 Å². The number of ketones is 2. The van der Waals surface area contributed by atoms with Crippen LogP contribution in [-0.2, 0) is 23.8 Å². The Morgan fingerprint density at radius 1 is 0.865 bits per heavy atom. The maximum absolute atomic E-state index is 12.6. The van der Waals surface area contributed by atoms with Gasteiger partial charge in [0.1, 0.15) is 5.60 Å². The molecule has 1 saturated carbocycles. The Labute approximate surface area is 215 Å². The number of ether oxygens (including phenoxy) is 3. The van der Waals surface area contributed by atoms with Gasteiger partial charge in [-0.15, -0.1) is 0 Å². The molecule has 196 valence electrons. The van der Waals surface area contributed by atoms with Crippen LogP contribution in [0.2, 0.25) is 0 Å². The highest BCUT2D eigenvalue weighted by molar-refractivity contribution is 5.99. The van der Waals surface area contributed by atoms with E-state index in [0.717, 1.165) is 17.5 Å². The van der Waals surface area contributed by atoms with Gasteiger partial charge in [-0.3, -0.25) is 19.2 Å². The highest BCUT2D eigenvalue weighted by atomic mass is 16.6. The highest BCUT2D eigenvalue weighted by Gasteiger charge is 2.36.